The molecule has 0 bridgehead atoms. The lowest BCUT2D eigenvalue weighted by Gasteiger charge is -2.41. The van der Waals surface area contributed by atoms with Gasteiger partial charge in [-0.25, -0.2) is 9.78 Å². The monoisotopic (exact) mass is 532 g/mol. The molecule has 202 valence electrons. The van der Waals surface area contributed by atoms with Crippen LogP contribution in [0.3, 0.4) is 0 Å². The zero-order valence-electron chi connectivity index (χ0n) is 24.0. The molecule has 1 fully saturated rings. The van der Waals surface area contributed by atoms with E-state index in [1.54, 1.807) is 11.7 Å². The molecule has 0 N–H and O–H groups in total. The van der Waals surface area contributed by atoms with Crippen molar-refractivity contribution in [1.82, 2.24) is 19.1 Å². The van der Waals surface area contributed by atoms with Crippen molar-refractivity contribution < 1.29 is 9.16 Å². The minimum absolute atomic E-state index is 0.0235. The molecule has 7 nitrogen and oxygen atoms in total. The van der Waals surface area contributed by atoms with Gasteiger partial charge in [0.2, 0.25) is 5.88 Å². The second-order valence-corrected chi connectivity index (χ2v) is 17.1. The third-order valence-electron chi connectivity index (χ3n) is 8.75. The fourth-order valence-corrected chi connectivity index (χ4v) is 6.92. The fourth-order valence-electron chi connectivity index (χ4n) is 5.49. The second kappa shape index (κ2) is 9.65. The number of hydrogen-bond donors (Lipinski definition) is 0. The summed E-state index contributed by atoms with van der Waals surface area (Å²) < 4.78 is 15.9. The molecule has 3 heterocycles. The van der Waals surface area contributed by atoms with Gasteiger partial charge in [-0.05, 0) is 74.5 Å². The van der Waals surface area contributed by atoms with E-state index in [4.69, 9.17) is 14.1 Å². The third kappa shape index (κ3) is 4.58. The first kappa shape index (κ1) is 26.6. The highest BCUT2D eigenvalue weighted by Crippen LogP contribution is 2.41. The van der Waals surface area contributed by atoms with Crippen molar-refractivity contribution in [3.05, 3.63) is 52.7 Å². The summed E-state index contributed by atoms with van der Waals surface area (Å²) in [4.78, 5) is 22.8. The van der Waals surface area contributed by atoms with Gasteiger partial charge in [0.1, 0.15) is 0 Å². The molecular weight excluding hydrogens is 492 g/mol. The van der Waals surface area contributed by atoms with E-state index in [1.165, 1.54) is 0 Å². The lowest BCUT2D eigenvalue weighted by atomic mass is 9.92. The zero-order valence-corrected chi connectivity index (χ0v) is 25.0. The van der Waals surface area contributed by atoms with Gasteiger partial charge in [0.15, 0.2) is 8.32 Å². The molecule has 1 aromatic carbocycles. The van der Waals surface area contributed by atoms with Crippen molar-refractivity contribution in [1.29, 1.82) is 0 Å². The maximum absolute atomic E-state index is 13.6. The number of aryl methyl sites for hydroxylation is 2. The highest BCUT2D eigenvalue weighted by atomic mass is 28.4. The number of hydrogen-bond acceptors (Lipinski definition) is 5. The summed E-state index contributed by atoms with van der Waals surface area (Å²) in [6.07, 6.45) is 7.76. The maximum Gasteiger partial charge on any atom is 0.329 e. The van der Waals surface area contributed by atoms with E-state index in [0.717, 1.165) is 64.3 Å². The third-order valence-corrected chi connectivity index (χ3v) is 13.3. The molecule has 8 heteroatoms. The molecule has 1 aliphatic carbocycles. The average molecular weight is 533 g/mol. The molecule has 0 saturated heterocycles. The van der Waals surface area contributed by atoms with Crippen LogP contribution in [0, 0.1) is 6.92 Å². The summed E-state index contributed by atoms with van der Waals surface area (Å²) in [7, 11) is 1.66. The summed E-state index contributed by atoms with van der Waals surface area (Å²) >= 11 is 0. The number of methoxy groups -OCH3 is 1. The highest BCUT2D eigenvalue weighted by molar-refractivity contribution is 6.74. The lowest BCUT2D eigenvalue weighted by Crippen LogP contribution is -2.45. The Morgan fingerprint density at radius 2 is 1.71 bits per heavy atom. The van der Waals surface area contributed by atoms with Crippen LogP contribution in [-0.2, 0) is 11.5 Å². The molecule has 5 rings (SSSR count). The van der Waals surface area contributed by atoms with Crippen LogP contribution in [0.5, 0.6) is 5.88 Å². The van der Waals surface area contributed by atoms with E-state index >= 15 is 0 Å². The van der Waals surface area contributed by atoms with Gasteiger partial charge in [0.25, 0.3) is 0 Å². The van der Waals surface area contributed by atoms with E-state index in [9.17, 15) is 4.79 Å². The minimum Gasteiger partial charge on any atom is -0.481 e. The lowest BCUT2D eigenvalue weighted by molar-refractivity contribution is 0.118. The van der Waals surface area contributed by atoms with E-state index in [-0.39, 0.29) is 22.9 Å². The molecule has 1 aliphatic rings. The molecular formula is C30H40N4O3Si. The Kier molecular flexibility index (Phi) is 6.76. The van der Waals surface area contributed by atoms with Crippen molar-refractivity contribution in [2.45, 2.75) is 83.7 Å². The molecule has 0 aliphatic heterocycles. The molecule has 0 radical (unpaired) electrons. The number of fused-ring (bicyclic) bond motifs is 3. The Labute approximate surface area is 226 Å². The average Bonchev–Trinajstić information content (AvgIpc) is 3.13. The van der Waals surface area contributed by atoms with Crippen molar-refractivity contribution in [2.24, 2.45) is 7.05 Å². The van der Waals surface area contributed by atoms with Crippen molar-refractivity contribution >= 4 is 30.3 Å². The summed E-state index contributed by atoms with van der Waals surface area (Å²) in [5.74, 6) is 0.628. The van der Waals surface area contributed by atoms with E-state index < -0.39 is 8.32 Å². The first-order valence-electron chi connectivity index (χ1n) is 13.6. The van der Waals surface area contributed by atoms with Crippen LogP contribution in [0.4, 0.5) is 0 Å². The van der Waals surface area contributed by atoms with Gasteiger partial charge in [-0.3, -0.25) is 14.1 Å². The summed E-state index contributed by atoms with van der Waals surface area (Å²) in [6.45, 7) is 13.5. The van der Waals surface area contributed by atoms with E-state index in [1.807, 2.05) is 37.0 Å². The number of nitrogens with zero attached hydrogens (tertiary/aromatic N) is 4. The van der Waals surface area contributed by atoms with Crippen LogP contribution in [0.1, 0.15) is 58.1 Å². The van der Waals surface area contributed by atoms with Gasteiger partial charge in [-0.1, -0.05) is 26.8 Å². The first-order chi connectivity index (χ1) is 17.9. The SMILES string of the molecule is COc1ncc(-c2ccc3ncc4c(c3c2)n(C2CCC(O[Si](C)(C)C(C)(C)C)CC2)c(=O)n4C)cc1C. The Hall–Kier alpha value is -2.97. The number of pyridine rings is 2. The molecule has 3 aromatic heterocycles. The molecule has 4 aromatic rings. The van der Waals surface area contributed by atoms with Gasteiger partial charge in [0.05, 0.1) is 29.9 Å². The van der Waals surface area contributed by atoms with Crippen LogP contribution < -0.4 is 10.4 Å². The number of aromatic nitrogens is 4. The maximum atomic E-state index is 13.6. The van der Waals surface area contributed by atoms with Crippen LogP contribution in [0.2, 0.25) is 18.1 Å². The summed E-state index contributed by atoms with van der Waals surface area (Å²) in [6, 6.07) is 8.48. The Balaban J connectivity index is 1.53. The predicted octanol–water partition coefficient (Wildman–Crippen LogP) is 6.77. The summed E-state index contributed by atoms with van der Waals surface area (Å²) in [5.41, 5.74) is 5.77. The van der Waals surface area contributed by atoms with Crippen molar-refractivity contribution in [3.63, 3.8) is 0 Å². The standard InChI is InChI=1S/C30H40N4O3Si/c1-19-15-21(17-32-28(19)36-6)20-9-14-25-24(16-20)27-26(18-31-25)33(5)29(35)34(27)22-10-12-23(13-11-22)37-38(7,8)30(2,3)4/h9,14-18,22-23H,10-13H2,1-8H3. The number of ether oxygens (including phenoxy) is 1. The quantitative estimate of drug-likeness (QED) is 0.265. The molecule has 0 amide bonds. The van der Waals surface area contributed by atoms with Crippen molar-refractivity contribution in [3.8, 4) is 17.0 Å². The van der Waals surface area contributed by atoms with Gasteiger partial charge in [-0.15, -0.1) is 0 Å². The van der Waals surface area contributed by atoms with Crippen LogP contribution in [0.25, 0.3) is 33.1 Å². The van der Waals surface area contributed by atoms with E-state index in [2.05, 4.69) is 57.0 Å². The Morgan fingerprint density at radius 3 is 2.34 bits per heavy atom. The first-order valence-corrected chi connectivity index (χ1v) is 16.5. The fraction of sp³-hybridized carbons (Fsp3) is 0.500. The van der Waals surface area contributed by atoms with Crippen molar-refractivity contribution in [2.75, 3.05) is 7.11 Å². The van der Waals surface area contributed by atoms with Gasteiger partial charge < -0.3 is 9.16 Å². The molecule has 38 heavy (non-hydrogen) atoms. The highest BCUT2D eigenvalue weighted by Gasteiger charge is 2.40. The minimum atomic E-state index is -1.82. The van der Waals surface area contributed by atoms with Crippen LogP contribution in [0.15, 0.2) is 41.5 Å². The molecule has 1 saturated carbocycles. The molecule has 0 atom stereocenters. The Morgan fingerprint density at radius 1 is 1.00 bits per heavy atom. The van der Waals surface area contributed by atoms with Crippen LogP contribution in [-0.4, -0.2) is 40.6 Å². The molecule has 0 unspecified atom stereocenters. The number of rotatable bonds is 5. The van der Waals surface area contributed by atoms with Gasteiger partial charge >= 0.3 is 5.69 Å². The number of benzene rings is 1. The zero-order chi connectivity index (χ0) is 27.4. The predicted molar refractivity (Wildman–Crippen MR) is 157 cm³/mol. The van der Waals surface area contributed by atoms with Gasteiger partial charge in [-0.2, -0.15) is 0 Å². The normalized spacial score (nSPS) is 18.8. The smallest absolute Gasteiger partial charge is 0.329 e. The Bertz CT molecular complexity index is 1560. The summed E-state index contributed by atoms with van der Waals surface area (Å²) in [5, 5.41) is 1.18. The second-order valence-electron chi connectivity index (χ2n) is 12.3. The molecule has 0 spiro atoms. The topological polar surface area (TPSA) is 71.2 Å². The van der Waals surface area contributed by atoms with Crippen LogP contribution >= 0.6 is 0 Å². The largest absolute Gasteiger partial charge is 0.481 e. The van der Waals surface area contributed by atoms with Gasteiger partial charge in [0, 0.05) is 41.9 Å². The van der Waals surface area contributed by atoms with E-state index in [0.29, 0.717) is 5.88 Å². The number of imidazole rings is 1.